The molecule has 0 spiro atoms. The van der Waals surface area contributed by atoms with E-state index in [-0.39, 0.29) is 11.5 Å². The molecule has 1 N–H and O–H groups in total. The molecule has 0 aromatic heterocycles. The van der Waals surface area contributed by atoms with Crippen molar-refractivity contribution in [3.8, 4) is 0 Å². The molecular formula is C20H41N. The maximum atomic E-state index is 8.30. The summed E-state index contributed by atoms with van der Waals surface area (Å²) in [6.45, 7) is 7.11. The van der Waals surface area contributed by atoms with Crippen molar-refractivity contribution in [2.45, 2.75) is 116 Å². The summed E-state index contributed by atoms with van der Waals surface area (Å²) >= 11 is 0. The van der Waals surface area contributed by atoms with Crippen LogP contribution in [0.1, 0.15) is 113 Å². The van der Waals surface area contributed by atoms with Crippen LogP contribution >= 0.6 is 0 Å². The molecule has 1 heteroatoms. The summed E-state index contributed by atoms with van der Waals surface area (Å²) in [6, 6.07) is 0. The third kappa shape index (κ3) is 10.3. The highest BCUT2D eigenvalue weighted by Gasteiger charge is 2.29. The van der Waals surface area contributed by atoms with E-state index in [1.54, 1.807) is 0 Å². The van der Waals surface area contributed by atoms with Crippen molar-refractivity contribution in [1.29, 1.82) is 0 Å². The zero-order valence-corrected chi connectivity index (χ0v) is 15.0. The van der Waals surface area contributed by atoms with Gasteiger partial charge in [0, 0.05) is 8.28 Å². The van der Waals surface area contributed by atoms with Crippen LogP contribution < -0.4 is 5.32 Å². The van der Waals surface area contributed by atoms with Gasteiger partial charge in [-0.3, -0.25) is 0 Å². The Morgan fingerprint density at radius 2 is 1.33 bits per heavy atom. The lowest BCUT2D eigenvalue weighted by Crippen LogP contribution is -2.31. The summed E-state index contributed by atoms with van der Waals surface area (Å²) in [5.41, 5.74) is -0.366. The summed E-state index contributed by atoms with van der Waals surface area (Å²) < 4.78 is 16.6. The molecule has 1 rings (SSSR count). The molecule has 21 heavy (non-hydrogen) atoms. The van der Waals surface area contributed by atoms with Crippen molar-refractivity contribution in [3.05, 3.63) is 0 Å². The first kappa shape index (κ1) is 15.8. The van der Waals surface area contributed by atoms with Crippen LogP contribution in [0.25, 0.3) is 0 Å². The first-order valence-corrected chi connectivity index (χ1v) is 9.67. The largest absolute Gasteiger partial charge is 0.312 e. The third-order valence-electron chi connectivity index (χ3n) is 4.76. The van der Waals surface area contributed by atoms with Crippen molar-refractivity contribution in [2.75, 3.05) is 6.54 Å². The van der Waals surface area contributed by atoms with Gasteiger partial charge in [0.15, 0.2) is 0 Å². The Hall–Kier alpha value is -0.0400. The quantitative estimate of drug-likeness (QED) is 0.384. The van der Waals surface area contributed by atoms with Gasteiger partial charge in [-0.05, 0) is 39.1 Å². The summed E-state index contributed by atoms with van der Waals surface area (Å²) in [4.78, 5) is 0. The fourth-order valence-corrected chi connectivity index (χ4v) is 3.40. The lowest BCUT2D eigenvalue weighted by Gasteiger charge is -2.17. The van der Waals surface area contributed by atoms with E-state index in [2.05, 4.69) is 12.2 Å². The second-order valence-electron chi connectivity index (χ2n) is 7.52. The van der Waals surface area contributed by atoms with Gasteiger partial charge in [0.2, 0.25) is 0 Å². The minimum absolute atomic E-state index is 0.195. The highest BCUT2D eigenvalue weighted by Crippen LogP contribution is 2.27. The van der Waals surface area contributed by atoms with Crippen LogP contribution in [-0.2, 0) is 0 Å². The Morgan fingerprint density at radius 1 is 0.857 bits per heavy atom. The molecule has 126 valence electrons. The topological polar surface area (TPSA) is 12.0 Å². The van der Waals surface area contributed by atoms with Gasteiger partial charge in [0.25, 0.3) is 0 Å². The average molecular weight is 298 g/mol. The minimum Gasteiger partial charge on any atom is -0.312 e. The maximum absolute atomic E-state index is 8.30. The highest BCUT2D eigenvalue weighted by molar-refractivity contribution is 4.88. The van der Waals surface area contributed by atoms with Gasteiger partial charge in [0.1, 0.15) is 0 Å². The predicted octanol–water partition coefficient (Wildman–Crippen LogP) is 6.47. The van der Waals surface area contributed by atoms with E-state index in [1.807, 2.05) is 13.8 Å². The molecule has 0 radical (unpaired) electrons. The maximum Gasteiger partial charge on any atom is 0.0289 e. The van der Waals surface area contributed by atoms with Crippen LogP contribution in [0.4, 0.5) is 0 Å². The first-order chi connectivity index (χ1) is 10.9. The number of hydrogen-bond acceptors (Lipinski definition) is 1. The number of rotatable bonds is 13. The molecule has 1 aliphatic rings. The van der Waals surface area contributed by atoms with Gasteiger partial charge >= 0.3 is 0 Å². The molecule has 0 aliphatic carbocycles. The second kappa shape index (κ2) is 11.5. The zero-order chi connectivity index (χ0) is 17.2. The van der Waals surface area contributed by atoms with Gasteiger partial charge in [-0.15, -0.1) is 0 Å². The normalized spacial score (nSPS) is 24.8. The highest BCUT2D eigenvalue weighted by atomic mass is 15.0. The van der Waals surface area contributed by atoms with Gasteiger partial charge < -0.3 is 5.32 Å². The summed E-state index contributed by atoms with van der Waals surface area (Å²) in [5, 5.41) is 3.35. The Bertz CT molecular complexity index is 302. The molecule has 1 saturated heterocycles. The smallest absolute Gasteiger partial charge is 0.0289 e. The molecular weight excluding hydrogens is 254 g/mol. The molecule has 1 aliphatic heterocycles. The Labute approximate surface area is 137 Å². The fourth-order valence-electron chi connectivity index (χ4n) is 3.40. The molecule has 0 amide bonds. The Morgan fingerprint density at radius 3 is 1.76 bits per heavy atom. The van der Waals surface area contributed by atoms with Crippen molar-refractivity contribution >= 4 is 0 Å². The van der Waals surface area contributed by atoms with E-state index >= 15 is 0 Å². The summed E-state index contributed by atoms with van der Waals surface area (Å²) in [7, 11) is 0. The van der Waals surface area contributed by atoms with Crippen molar-refractivity contribution in [1.82, 2.24) is 5.32 Å². The second-order valence-corrected chi connectivity index (χ2v) is 7.52. The van der Waals surface area contributed by atoms with E-state index in [0.29, 0.717) is 0 Å². The first-order valence-electron chi connectivity index (χ1n) is 10.7. The molecule has 0 bridgehead atoms. The summed E-state index contributed by atoms with van der Waals surface area (Å²) in [6.07, 6.45) is 16.4. The lowest BCUT2D eigenvalue weighted by molar-refractivity contribution is 0.422. The van der Waals surface area contributed by atoms with Gasteiger partial charge in [0.05, 0.1) is 0 Å². The van der Waals surface area contributed by atoms with Crippen LogP contribution in [0.2, 0.25) is 0 Å². The predicted molar refractivity (Wildman–Crippen MR) is 95.9 cm³/mol. The third-order valence-corrected chi connectivity index (χ3v) is 4.76. The van der Waals surface area contributed by atoms with Gasteiger partial charge in [-0.25, -0.2) is 0 Å². The van der Waals surface area contributed by atoms with E-state index < -0.39 is 6.37 Å². The Balaban J connectivity index is 1.91. The number of hydrogen-bond donors (Lipinski definition) is 1. The van der Waals surface area contributed by atoms with Crippen LogP contribution in [0.3, 0.4) is 0 Å². The molecule has 0 aromatic carbocycles. The van der Waals surface area contributed by atoms with E-state index in [9.17, 15) is 0 Å². The SMILES string of the molecule is [2H]C1([2H])[C@H](CCCCCCCCCCCCCC)CNC1(C)C. The van der Waals surface area contributed by atoms with Crippen molar-refractivity contribution in [2.24, 2.45) is 5.92 Å². The average Bonchev–Trinajstić information content (AvgIpc) is 2.70. The molecule has 1 heterocycles. The molecule has 0 saturated carbocycles. The van der Waals surface area contributed by atoms with E-state index in [4.69, 9.17) is 2.74 Å². The van der Waals surface area contributed by atoms with E-state index in [0.717, 1.165) is 13.0 Å². The molecule has 0 unspecified atom stereocenters. The fraction of sp³-hybridized carbons (Fsp3) is 1.00. The Kier molecular flexibility index (Phi) is 8.69. The summed E-state index contributed by atoms with van der Waals surface area (Å²) in [5.74, 6) is 0.195. The number of unbranched alkanes of at least 4 members (excludes halogenated alkanes) is 11. The van der Waals surface area contributed by atoms with Crippen LogP contribution in [-0.4, -0.2) is 12.1 Å². The van der Waals surface area contributed by atoms with Crippen molar-refractivity contribution < 1.29 is 2.74 Å². The molecule has 1 fully saturated rings. The monoisotopic (exact) mass is 297 g/mol. The number of nitrogens with one attached hydrogen (secondary N) is 1. The van der Waals surface area contributed by atoms with Gasteiger partial charge in [-0.1, -0.05) is 84.0 Å². The van der Waals surface area contributed by atoms with Crippen LogP contribution in [0.15, 0.2) is 0 Å². The minimum atomic E-state index is -1.06. The molecule has 1 atom stereocenters. The van der Waals surface area contributed by atoms with E-state index in [1.165, 1.54) is 77.0 Å². The lowest BCUT2D eigenvalue weighted by atomic mass is 9.92. The molecule has 1 nitrogen and oxygen atoms in total. The van der Waals surface area contributed by atoms with Gasteiger partial charge in [-0.2, -0.15) is 0 Å². The van der Waals surface area contributed by atoms with Crippen molar-refractivity contribution in [3.63, 3.8) is 0 Å². The van der Waals surface area contributed by atoms with Crippen LogP contribution in [0.5, 0.6) is 0 Å². The molecule has 0 aromatic rings. The van der Waals surface area contributed by atoms with Crippen LogP contribution in [0, 0.1) is 5.92 Å². The standard InChI is InChI=1S/C20H41N/c1-4-5-6-7-8-9-10-11-12-13-14-15-16-19-17-20(2,3)21-18-19/h19,21H,4-18H2,1-3H3/t19-/m0/s1/i17D2. The zero-order valence-electron chi connectivity index (χ0n) is 17.0.